The predicted octanol–water partition coefficient (Wildman–Crippen LogP) is 4.81. The molecule has 0 spiro atoms. The molecule has 0 saturated carbocycles. The molecule has 0 amide bonds. The summed E-state index contributed by atoms with van der Waals surface area (Å²) in [6, 6.07) is 0. The molecule has 0 aliphatic heterocycles. The molecule has 15 heavy (non-hydrogen) atoms. The van der Waals surface area contributed by atoms with Gasteiger partial charge in [0, 0.05) is 0 Å². The molecule has 3 unspecified atom stereocenters. The molecule has 0 N–H and O–H groups in total. The van der Waals surface area contributed by atoms with Crippen molar-refractivity contribution < 1.29 is 4.39 Å². The molecular weight excluding hydrogens is 206 g/mol. The summed E-state index contributed by atoms with van der Waals surface area (Å²) in [5.74, 6) is 1.32. The van der Waals surface area contributed by atoms with Gasteiger partial charge in [0.1, 0.15) is 5.41 Å². The highest BCUT2D eigenvalue weighted by Gasteiger charge is 2.27. The van der Waals surface area contributed by atoms with E-state index in [1.54, 1.807) is 0 Å². The zero-order valence-corrected chi connectivity index (χ0v) is 11.7. The van der Waals surface area contributed by atoms with Crippen molar-refractivity contribution in [3.05, 3.63) is 12.7 Å². The fourth-order valence-electron chi connectivity index (χ4n) is 1.61. The number of alkyl halides is 1. The van der Waals surface area contributed by atoms with E-state index in [0.717, 1.165) is 6.42 Å². The Kier molecular flexibility index (Phi) is 6.68. The van der Waals surface area contributed by atoms with Crippen molar-refractivity contribution >= 4 is 9.24 Å². The van der Waals surface area contributed by atoms with Crippen LogP contribution in [0.25, 0.3) is 0 Å². The Morgan fingerprint density at radius 1 is 1.33 bits per heavy atom. The van der Waals surface area contributed by atoms with E-state index in [1.165, 1.54) is 0 Å². The van der Waals surface area contributed by atoms with Gasteiger partial charge in [0.15, 0.2) is 0 Å². The Balaban J connectivity index is 4.15. The fourth-order valence-corrected chi connectivity index (χ4v) is 2.05. The third-order valence-corrected chi connectivity index (χ3v) is 3.40. The number of rotatable bonds is 7. The maximum Gasteiger partial charge on any atom is 0.124 e. The Morgan fingerprint density at radius 3 is 2.20 bits per heavy atom. The SMILES string of the molecule is C=CC(CC(F)(P)CCC(C)C)C(C)C. The summed E-state index contributed by atoms with van der Waals surface area (Å²) in [6.07, 6.45) is 4.04. The van der Waals surface area contributed by atoms with Crippen LogP contribution in [0.15, 0.2) is 12.7 Å². The number of hydrogen-bond donors (Lipinski definition) is 0. The molecule has 0 radical (unpaired) electrons. The third kappa shape index (κ3) is 7.06. The van der Waals surface area contributed by atoms with Crippen molar-refractivity contribution in [2.75, 3.05) is 0 Å². The quantitative estimate of drug-likeness (QED) is 0.436. The van der Waals surface area contributed by atoms with Gasteiger partial charge < -0.3 is 0 Å². The summed E-state index contributed by atoms with van der Waals surface area (Å²) in [5.41, 5.74) is 0. The molecule has 2 heteroatoms. The first-order chi connectivity index (χ1) is 6.78. The molecule has 0 saturated heterocycles. The molecule has 90 valence electrons. The summed E-state index contributed by atoms with van der Waals surface area (Å²) in [6.45, 7) is 12.3. The molecule has 0 aromatic heterocycles. The molecule has 0 aliphatic carbocycles. The molecule has 0 bridgehead atoms. The summed E-state index contributed by atoms with van der Waals surface area (Å²) in [5, 5.41) is -1.12. The van der Waals surface area contributed by atoms with Crippen LogP contribution in [-0.4, -0.2) is 5.41 Å². The van der Waals surface area contributed by atoms with Gasteiger partial charge in [-0.1, -0.05) is 43.0 Å². The summed E-state index contributed by atoms with van der Waals surface area (Å²) in [4.78, 5) is 0. The number of halogens is 1. The maximum atomic E-state index is 14.2. The van der Waals surface area contributed by atoms with E-state index in [0.29, 0.717) is 24.7 Å². The van der Waals surface area contributed by atoms with Crippen molar-refractivity contribution in [2.45, 2.75) is 52.4 Å². The Hall–Kier alpha value is 0.100. The van der Waals surface area contributed by atoms with Gasteiger partial charge in [0.05, 0.1) is 0 Å². The van der Waals surface area contributed by atoms with Crippen LogP contribution in [0.5, 0.6) is 0 Å². The summed E-state index contributed by atoms with van der Waals surface area (Å²) < 4.78 is 14.2. The van der Waals surface area contributed by atoms with Crippen molar-refractivity contribution in [1.82, 2.24) is 0 Å². The molecule has 0 aliphatic rings. The van der Waals surface area contributed by atoms with Crippen LogP contribution in [0.1, 0.15) is 47.0 Å². The highest BCUT2D eigenvalue weighted by atomic mass is 31.0. The van der Waals surface area contributed by atoms with Gasteiger partial charge in [0.25, 0.3) is 0 Å². The van der Waals surface area contributed by atoms with Gasteiger partial charge in [-0.25, -0.2) is 4.39 Å². The van der Waals surface area contributed by atoms with E-state index >= 15 is 0 Å². The summed E-state index contributed by atoms with van der Waals surface area (Å²) in [7, 11) is 2.39. The standard InChI is InChI=1S/C13H26FP/c1-6-12(11(4)5)9-13(14,15)8-7-10(2)3/h6,10-12H,1,7-9,15H2,2-5H3. The second kappa shape index (κ2) is 6.63. The molecule has 0 aromatic carbocycles. The van der Waals surface area contributed by atoms with Crippen LogP contribution in [0.4, 0.5) is 4.39 Å². The lowest BCUT2D eigenvalue weighted by Gasteiger charge is -2.27. The van der Waals surface area contributed by atoms with Gasteiger partial charge in [0.2, 0.25) is 0 Å². The monoisotopic (exact) mass is 232 g/mol. The Morgan fingerprint density at radius 2 is 1.87 bits per heavy atom. The zero-order chi connectivity index (χ0) is 12.1. The van der Waals surface area contributed by atoms with Gasteiger partial charge in [-0.2, -0.15) is 0 Å². The normalized spacial score (nSPS) is 17.9. The Labute approximate surface area is 96.9 Å². The molecule has 0 heterocycles. The van der Waals surface area contributed by atoms with Crippen LogP contribution in [0.2, 0.25) is 0 Å². The minimum Gasteiger partial charge on any atom is -0.240 e. The van der Waals surface area contributed by atoms with E-state index in [9.17, 15) is 4.39 Å². The molecule has 0 aromatic rings. The molecule has 3 atom stereocenters. The van der Waals surface area contributed by atoms with Crippen molar-refractivity contribution in [3.8, 4) is 0 Å². The van der Waals surface area contributed by atoms with E-state index in [4.69, 9.17) is 0 Å². The number of hydrogen-bond acceptors (Lipinski definition) is 0. The minimum absolute atomic E-state index is 0.277. The number of allylic oxidation sites excluding steroid dienone is 1. The van der Waals surface area contributed by atoms with Crippen molar-refractivity contribution in [1.29, 1.82) is 0 Å². The smallest absolute Gasteiger partial charge is 0.124 e. The second-order valence-electron chi connectivity index (χ2n) is 5.31. The average molecular weight is 232 g/mol. The minimum atomic E-state index is -1.12. The van der Waals surface area contributed by atoms with E-state index in [-0.39, 0.29) is 5.92 Å². The second-order valence-corrected chi connectivity index (χ2v) is 6.35. The average Bonchev–Trinajstić information content (AvgIpc) is 2.11. The highest BCUT2D eigenvalue weighted by molar-refractivity contribution is 7.18. The van der Waals surface area contributed by atoms with Crippen LogP contribution < -0.4 is 0 Å². The van der Waals surface area contributed by atoms with Gasteiger partial charge in [-0.05, 0) is 37.0 Å². The van der Waals surface area contributed by atoms with E-state index < -0.39 is 5.41 Å². The summed E-state index contributed by atoms with van der Waals surface area (Å²) >= 11 is 0. The lowest BCUT2D eigenvalue weighted by Crippen LogP contribution is -2.21. The van der Waals surface area contributed by atoms with Crippen molar-refractivity contribution in [2.24, 2.45) is 17.8 Å². The first-order valence-corrected chi connectivity index (χ1v) is 6.46. The first kappa shape index (κ1) is 15.1. The van der Waals surface area contributed by atoms with E-state index in [2.05, 4.69) is 43.5 Å². The van der Waals surface area contributed by atoms with E-state index in [1.807, 2.05) is 6.08 Å². The first-order valence-electron chi connectivity index (χ1n) is 5.89. The molecule has 0 fully saturated rings. The highest BCUT2D eigenvalue weighted by Crippen LogP contribution is 2.37. The van der Waals surface area contributed by atoms with Gasteiger partial charge >= 0.3 is 0 Å². The predicted molar refractivity (Wildman–Crippen MR) is 70.8 cm³/mol. The van der Waals surface area contributed by atoms with Crippen LogP contribution in [-0.2, 0) is 0 Å². The van der Waals surface area contributed by atoms with Crippen LogP contribution in [0, 0.1) is 17.8 Å². The molecule has 0 nitrogen and oxygen atoms in total. The topological polar surface area (TPSA) is 0 Å². The molecular formula is C13H26FP. The third-order valence-electron chi connectivity index (χ3n) is 2.87. The van der Waals surface area contributed by atoms with Crippen LogP contribution >= 0.6 is 9.24 Å². The van der Waals surface area contributed by atoms with Crippen LogP contribution in [0.3, 0.4) is 0 Å². The zero-order valence-electron chi connectivity index (χ0n) is 10.6. The fraction of sp³-hybridized carbons (Fsp3) is 0.846. The molecule has 0 rings (SSSR count). The Bertz CT molecular complexity index is 185. The van der Waals surface area contributed by atoms with Gasteiger partial charge in [-0.3, -0.25) is 0 Å². The van der Waals surface area contributed by atoms with Crippen molar-refractivity contribution in [3.63, 3.8) is 0 Å². The van der Waals surface area contributed by atoms with Gasteiger partial charge in [-0.15, -0.1) is 6.58 Å². The lowest BCUT2D eigenvalue weighted by atomic mass is 9.88. The maximum absolute atomic E-state index is 14.2. The largest absolute Gasteiger partial charge is 0.240 e. The lowest BCUT2D eigenvalue weighted by molar-refractivity contribution is 0.200.